The van der Waals surface area contributed by atoms with Crippen molar-refractivity contribution >= 4 is 21.6 Å². The quantitative estimate of drug-likeness (QED) is 0.788. The number of carbonyl (C=O) groups is 1. The first kappa shape index (κ1) is 20.0. The van der Waals surface area contributed by atoms with Gasteiger partial charge in [-0.3, -0.25) is 4.79 Å². The monoisotopic (exact) mass is 412 g/mol. The highest BCUT2D eigenvalue weighted by atomic mass is 32.2. The Bertz CT molecular complexity index is 977. The van der Waals surface area contributed by atoms with Crippen molar-refractivity contribution in [1.29, 1.82) is 0 Å². The Morgan fingerprint density at radius 2 is 1.75 bits per heavy atom. The molecule has 1 N–H and O–H groups in total. The second-order valence-electron chi connectivity index (χ2n) is 5.89. The highest BCUT2D eigenvalue weighted by molar-refractivity contribution is 7.89. The van der Waals surface area contributed by atoms with Crippen LogP contribution in [0.15, 0.2) is 41.3 Å². The van der Waals surface area contributed by atoms with E-state index in [0.717, 1.165) is 18.2 Å². The molecule has 2 aromatic rings. The van der Waals surface area contributed by atoms with Gasteiger partial charge in [0.15, 0.2) is 16.4 Å². The molecule has 0 atom stereocenters. The maximum Gasteiger partial charge on any atom is 0.249 e. The lowest BCUT2D eigenvalue weighted by Gasteiger charge is -2.21. The van der Waals surface area contributed by atoms with E-state index in [9.17, 15) is 22.0 Å². The zero-order valence-corrected chi connectivity index (χ0v) is 15.8. The number of carbonyl (C=O) groups excluding carboxylic acids is 1. The summed E-state index contributed by atoms with van der Waals surface area (Å²) in [5, 5.41) is 2.54. The number of ether oxygens (including phenoxy) is 2. The molecule has 0 saturated heterocycles. The number of amides is 1. The Morgan fingerprint density at radius 3 is 2.39 bits per heavy atom. The second kappa shape index (κ2) is 8.11. The molecule has 1 aliphatic heterocycles. The molecule has 10 heteroatoms. The fraction of sp³-hybridized carbons (Fsp3) is 0.278. The van der Waals surface area contributed by atoms with Crippen LogP contribution in [-0.2, 0) is 14.8 Å². The number of sulfonamides is 1. The first-order valence-corrected chi connectivity index (χ1v) is 9.90. The van der Waals surface area contributed by atoms with Gasteiger partial charge in [0.25, 0.3) is 0 Å². The first-order valence-electron chi connectivity index (χ1n) is 8.46. The zero-order chi connectivity index (χ0) is 20.3. The van der Waals surface area contributed by atoms with E-state index in [0.29, 0.717) is 34.7 Å². The lowest BCUT2D eigenvalue weighted by atomic mass is 10.2. The lowest BCUT2D eigenvalue weighted by molar-refractivity contribution is -0.116. The van der Waals surface area contributed by atoms with Gasteiger partial charge in [0.05, 0.1) is 6.54 Å². The SMILES string of the molecule is CCN(CC(=O)Nc1ccc2c(c1)OCCO2)S(=O)(=O)c1c(F)cccc1F. The van der Waals surface area contributed by atoms with E-state index >= 15 is 0 Å². The summed E-state index contributed by atoms with van der Waals surface area (Å²) in [4.78, 5) is 11.2. The van der Waals surface area contributed by atoms with Crippen LogP contribution in [0.4, 0.5) is 14.5 Å². The van der Waals surface area contributed by atoms with E-state index in [1.807, 2.05) is 0 Å². The molecule has 0 radical (unpaired) electrons. The number of hydrogen-bond donors (Lipinski definition) is 1. The van der Waals surface area contributed by atoms with Gasteiger partial charge in [-0.05, 0) is 24.3 Å². The maximum atomic E-state index is 13.9. The van der Waals surface area contributed by atoms with Gasteiger partial charge >= 0.3 is 0 Å². The Morgan fingerprint density at radius 1 is 1.11 bits per heavy atom. The number of nitrogens with one attached hydrogen (secondary N) is 1. The molecule has 0 fully saturated rings. The first-order chi connectivity index (χ1) is 13.3. The summed E-state index contributed by atoms with van der Waals surface area (Å²) >= 11 is 0. The van der Waals surface area contributed by atoms with Crippen molar-refractivity contribution in [3.63, 3.8) is 0 Å². The molecule has 1 amide bonds. The van der Waals surface area contributed by atoms with Crippen LogP contribution in [0.1, 0.15) is 6.92 Å². The number of benzene rings is 2. The Hall–Kier alpha value is -2.72. The van der Waals surface area contributed by atoms with Gasteiger partial charge in [0, 0.05) is 18.3 Å². The minimum Gasteiger partial charge on any atom is -0.486 e. The highest BCUT2D eigenvalue weighted by Gasteiger charge is 2.31. The predicted octanol–water partition coefficient (Wildman–Crippen LogP) is 2.39. The summed E-state index contributed by atoms with van der Waals surface area (Å²) in [6.45, 7) is 1.51. The topological polar surface area (TPSA) is 84.9 Å². The molecule has 0 aromatic heterocycles. The minimum atomic E-state index is -4.54. The van der Waals surface area contributed by atoms with Crippen molar-refractivity contribution in [2.45, 2.75) is 11.8 Å². The number of likely N-dealkylation sites (N-methyl/N-ethyl adjacent to an activating group) is 1. The van der Waals surface area contributed by atoms with Crippen LogP contribution >= 0.6 is 0 Å². The van der Waals surface area contributed by atoms with Gasteiger partial charge in [-0.25, -0.2) is 17.2 Å². The van der Waals surface area contributed by atoms with E-state index in [1.165, 1.54) is 6.92 Å². The number of fused-ring (bicyclic) bond motifs is 1. The van der Waals surface area contributed by atoms with Crippen LogP contribution in [0.25, 0.3) is 0 Å². The third-order valence-electron chi connectivity index (χ3n) is 4.02. The van der Waals surface area contributed by atoms with E-state index in [4.69, 9.17) is 9.47 Å². The molecule has 1 heterocycles. The van der Waals surface area contributed by atoms with Gasteiger partial charge in [0.2, 0.25) is 15.9 Å². The van der Waals surface area contributed by atoms with Gasteiger partial charge in [0.1, 0.15) is 24.8 Å². The third-order valence-corrected chi connectivity index (χ3v) is 5.99. The normalized spacial score (nSPS) is 13.4. The molecule has 0 bridgehead atoms. The lowest BCUT2D eigenvalue weighted by Crippen LogP contribution is -2.38. The van der Waals surface area contributed by atoms with E-state index in [1.54, 1.807) is 18.2 Å². The number of nitrogens with zero attached hydrogens (tertiary/aromatic N) is 1. The standard InChI is InChI=1S/C18H18F2N2O5S/c1-2-22(28(24,25)18-13(19)4-3-5-14(18)20)11-17(23)21-12-6-7-15-16(10-12)27-9-8-26-15/h3-7,10H,2,8-9,11H2,1H3,(H,21,23). The van der Waals surface area contributed by atoms with Crippen LogP contribution in [0.2, 0.25) is 0 Å². The molecule has 0 spiro atoms. The maximum absolute atomic E-state index is 13.9. The zero-order valence-electron chi connectivity index (χ0n) is 14.9. The van der Waals surface area contributed by atoms with E-state index < -0.39 is 39.0 Å². The average molecular weight is 412 g/mol. The third kappa shape index (κ3) is 4.07. The molecular weight excluding hydrogens is 394 g/mol. The van der Waals surface area contributed by atoms with Crippen molar-refractivity contribution in [2.75, 3.05) is 31.6 Å². The van der Waals surface area contributed by atoms with Gasteiger partial charge in [-0.15, -0.1) is 0 Å². The van der Waals surface area contributed by atoms with Crippen molar-refractivity contribution < 1.29 is 31.5 Å². The smallest absolute Gasteiger partial charge is 0.249 e. The van der Waals surface area contributed by atoms with Gasteiger partial charge in [-0.1, -0.05) is 13.0 Å². The second-order valence-corrected chi connectivity index (χ2v) is 7.76. The van der Waals surface area contributed by atoms with Crippen LogP contribution in [-0.4, -0.2) is 44.9 Å². The fourth-order valence-electron chi connectivity index (χ4n) is 2.71. The molecule has 0 unspecified atom stereocenters. The van der Waals surface area contributed by atoms with Crippen LogP contribution in [0.5, 0.6) is 11.5 Å². The van der Waals surface area contributed by atoms with E-state index in [-0.39, 0.29) is 6.54 Å². The van der Waals surface area contributed by atoms with Crippen LogP contribution < -0.4 is 14.8 Å². The van der Waals surface area contributed by atoms with Crippen molar-refractivity contribution in [3.8, 4) is 11.5 Å². The summed E-state index contributed by atoms with van der Waals surface area (Å²) in [5.41, 5.74) is 0.375. The minimum absolute atomic E-state index is 0.148. The van der Waals surface area contributed by atoms with Gasteiger partial charge < -0.3 is 14.8 Å². The summed E-state index contributed by atoms with van der Waals surface area (Å²) in [6.07, 6.45) is 0. The summed E-state index contributed by atoms with van der Waals surface area (Å²) in [5.74, 6) is -2.11. The summed E-state index contributed by atoms with van der Waals surface area (Å²) in [7, 11) is -4.54. The van der Waals surface area contributed by atoms with Crippen molar-refractivity contribution in [1.82, 2.24) is 4.31 Å². The number of rotatable bonds is 6. The Kier molecular flexibility index (Phi) is 5.80. The molecule has 0 saturated carbocycles. The molecule has 7 nitrogen and oxygen atoms in total. The summed E-state index contributed by atoms with van der Waals surface area (Å²) in [6, 6.07) is 7.50. The number of halogens is 2. The largest absolute Gasteiger partial charge is 0.486 e. The Balaban J connectivity index is 1.76. The van der Waals surface area contributed by atoms with Crippen LogP contribution in [0.3, 0.4) is 0 Å². The highest BCUT2D eigenvalue weighted by Crippen LogP contribution is 2.32. The molecular formula is C18H18F2N2O5S. The molecule has 150 valence electrons. The molecule has 0 aliphatic carbocycles. The van der Waals surface area contributed by atoms with Crippen molar-refractivity contribution in [2.24, 2.45) is 0 Å². The fourth-order valence-corrected chi connectivity index (χ4v) is 4.22. The van der Waals surface area contributed by atoms with E-state index in [2.05, 4.69) is 5.32 Å². The number of anilines is 1. The van der Waals surface area contributed by atoms with Crippen LogP contribution in [0, 0.1) is 11.6 Å². The average Bonchev–Trinajstić information content (AvgIpc) is 2.65. The molecule has 1 aliphatic rings. The molecule has 2 aromatic carbocycles. The van der Waals surface area contributed by atoms with Crippen molar-refractivity contribution in [3.05, 3.63) is 48.0 Å². The molecule has 28 heavy (non-hydrogen) atoms. The summed E-state index contributed by atoms with van der Waals surface area (Å²) < 4.78 is 64.6. The molecule has 3 rings (SSSR count). The number of hydrogen-bond acceptors (Lipinski definition) is 5. The Labute approximate surface area is 160 Å². The van der Waals surface area contributed by atoms with Gasteiger partial charge in [-0.2, -0.15) is 4.31 Å². The predicted molar refractivity (Wildman–Crippen MR) is 96.9 cm³/mol.